The van der Waals surface area contributed by atoms with Crippen molar-refractivity contribution in [3.05, 3.63) is 47.0 Å². The second-order valence-corrected chi connectivity index (χ2v) is 4.99. The van der Waals surface area contributed by atoms with Gasteiger partial charge in [0, 0.05) is 12.1 Å². The molecule has 5 nitrogen and oxygen atoms in total. The minimum atomic E-state index is -0.245. The SMILES string of the molecule is CNC(=O)c1cc(-c2ccc(Cl)cc2)cc2onc(N)c12. The van der Waals surface area contributed by atoms with Crippen LogP contribution in [0.25, 0.3) is 22.1 Å². The van der Waals surface area contributed by atoms with Gasteiger partial charge in [0.2, 0.25) is 0 Å². The van der Waals surface area contributed by atoms with Gasteiger partial charge in [-0.05, 0) is 35.4 Å². The van der Waals surface area contributed by atoms with Gasteiger partial charge in [-0.3, -0.25) is 4.79 Å². The fourth-order valence-corrected chi connectivity index (χ4v) is 2.34. The molecule has 1 aromatic heterocycles. The first-order valence-corrected chi connectivity index (χ1v) is 6.65. The molecule has 3 N–H and O–H groups in total. The predicted octanol–water partition coefficient (Wildman–Crippen LogP) is 3.09. The number of nitrogens with zero attached hydrogens (tertiary/aromatic N) is 1. The van der Waals surface area contributed by atoms with Crippen LogP contribution in [0.15, 0.2) is 40.9 Å². The maximum absolute atomic E-state index is 12.1. The number of aromatic nitrogens is 1. The van der Waals surface area contributed by atoms with Crippen molar-refractivity contribution in [1.82, 2.24) is 10.5 Å². The predicted molar refractivity (Wildman–Crippen MR) is 82.3 cm³/mol. The van der Waals surface area contributed by atoms with Gasteiger partial charge in [-0.2, -0.15) is 0 Å². The molecule has 0 aliphatic carbocycles. The number of hydrogen-bond donors (Lipinski definition) is 2. The second kappa shape index (κ2) is 5.10. The summed E-state index contributed by atoms with van der Waals surface area (Å²) in [5.74, 6) is -0.0445. The fourth-order valence-electron chi connectivity index (χ4n) is 2.22. The van der Waals surface area contributed by atoms with E-state index in [2.05, 4.69) is 10.5 Å². The first-order chi connectivity index (χ1) is 10.1. The van der Waals surface area contributed by atoms with Crippen LogP contribution in [0.5, 0.6) is 0 Å². The maximum Gasteiger partial charge on any atom is 0.251 e. The summed E-state index contributed by atoms with van der Waals surface area (Å²) in [5.41, 5.74) is 8.42. The summed E-state index contributed by atoms with van der Waals surface area (Å²) in [6, 6.07) is 10.9. The van der Waals surface area contributed by atoms with Crippen molar-refractivity contribution in [2.45, 2.75) is 0 Å². The average Bonchev–Trinajstić information content (AvgIpc) is 2.88. The van der Waals surface area contributed by atoms with Crippen molar-refractivity contribution in [3.63, 3.8) is 0 Å². The van der Waals surface area contributed by atoms with E-state index in [4.69, 9.17) is 21.9 Å². The van der Waals surface area contributed by atoms with E-state index < -0.39 is 0 Å². The average molecular weight is 302 g/mol. The second-order valence-electron chi connectivity index (χ2n) is 4.55. The number of nitrogens with one attached hydrogen (secondary N) is 1. The molecule has 3 aromatic rings. The number of benzene rings is 2. The molecule has 0 fully saturated rings. The van der Waals surface area contributed by atoms with Gasteiger partial charge < -0.3 is 15.6 Å². The summed E-state index contributed by atoms with van der Waals surface area (Å²) in [4.78, 5) is 12.1. The third-order valence-corrected chi connectivity index (χ3v) is 3.50. The number of amides is 1. The lowest BCUT2D eigenvalue weighted by atomic mass is 10.00. The van der Waals surface area contributed by atoms with Crippen molar-refractivity contribution in [3.8, 4) is 11.1 Å². The van der Waals surface area contributed by atoms with Crippen LogP contribution in [0, 0.1) is 0 Å². The van der Waals surface area contributed by atoms with Crippen LogP contribution >= 0.6 is 11.6 Å². The summed E-state index contributed by atoms with van der Waals surface area (Å²) in [6.45, 7) is 0. The highest BCUT2D eigenvalue weighted by Gasteiger charge is 2.17. The summed E-state index contributed by atoms with van der Waals surface area (Å²) >= 11 is 5.89. The van der Waals surface area contributed by atoms with E-state index in [-0.39, 0.29) is 11.7 Å². The molecule has 0 spiro atoms. The highest BCUT2D eigenvalue weighted by Crippen LogP contribution is 2.31. The van der Waals surface area contributed by atoms with E-state index in [0.717, 1.165) is 11.1 Å². The van der Waals surface area contributed by atoms with Crippen LogP contribution < -0.4 is 11.1 Å². The Labute approximate surface area is 125 Å². The fraction of sp³-hybridized carbons (Fsp3) is 0.0667. The zero-order valence-electron chi connectivity index (χ0n) is 11.2. The monoisotopic (exact) mass is 301 g/mol. The minimum absolute atomic E-state index is 0.200. The summed E-state index contributed by atoms with van der Waals surface area (Å²) in [5, 5.41) is 7.49. The molecular weight excluding hydrogens is 290 g/mol. The first-order valence-electron chi connectivity index (χ1n) is 6.27. The van der Waals surface area contributed by atoms with Crippen LogP contribution in [0.3, 0.4) is 0 Å². The van der Waals surface area contributed by atoms with Gasteiger partial charge in [-0.1, -0.05) is 28.9 Å². The van der Waals surface area contributed by atoms with Gasteiger partial charge >= 0.3 is 0 Å². The van der Waals surface area contributed by atoms with E-state index in [0.29, 0.717) is 21.6 Å². The number of carbonyl (C=O) groups is 1. The largest absolute Gasteiger partial charge is 0.380 e. The van der Waals surface area contributed by atoms with E-state index in [1.54, 1.807) is 31.3 Å². The van der Waals surface area contributed by atoms with Crippen LogP contribution in [0.4, 0.5) is 5.82 Å². The Morgan fingerprint density at radius 1 is 1.24 bits per heavy atom. The number of rotatable bonds is 2. The molecule has 0 aliphatic rings. The molecule has 1 heterocycles. The molecule has 0 saturated carbocycles. The molecule has 0 unspecified atom stereocenters. The molecule has 0 bridgehead atoms. The standard InChI is InChI=1S/C15H12ClN3O2/c1-18-15(20)11-6-9(8-2-4-10(16)5-3-8)7-12-13(11)14(17)19-21-12/h2-7H,1H3,(H2,17,19)(H,18,20). The Morgan fingerprint density at radius 3 is 2.62 bits per heavy atom. The molecule has 21 heavy (non-hydrogen) atoms. The molecule has 6 heteroatoms. The summed E-state index contributed by atoms with van der Waals surface area (Å²) in [6.07, 6.45) is 0. The van der Waals surface area contributed by atoms with Gasteiger partial charge in [0.1, 0.15) is 0 Å². The first kappa shape index (κ1) is 13.5. The van der Waals surface area contributed by atoms with Crippen LogP contribution in [-0.4, -0.2) is 18.1 Å². The topological polar surface area (TPSA) is 81.2 Å². The van der Waals surface area contributed by atoms with Gasteiger partial charge in [0.25, 0.3) is 5.91 Å². The number of carbonyl (C=O) groups excluding carboxylic acids is 1. The maximum atomic E-state index is 12.1. The Bertz CT molecular complexity index is 825. The molecule has 0 atom stereocenters. The number of hydrogen-bond acceptors (Lipinski definition) is 4. The third-order valence-electron chi connectivity index (χ3n) is 3.25. The molecule has 106 valence electrons. The van der Waals surface area contributed by atoms with Crippen molar-refractivity contribution in [2.24, 2.45) is 0 Å². The van der Waals surface area contributed by atoms with Gasteiger partial charge in [-0.15, -0.1) is 0 Å². The molecule has 2 aromatic carbocycles. The van der Waals surface area contributed by atoms with E-state index in [1.165, 1.54) is 0 Å². The highest BCUT2D eigenvalue weighted by molar-refractivity contribution is 6.30. The summed E-state index contributed by atoms with van der Waals surface area (Å²) in [7, 11) is 1.56. The number of nitrogens with two attached hydrogens (primary N) is 1. The van der Waals surface area contributed by atoms with Gasteiger partial charge in [0.05, 0.1) is 10.9 Å². The Balaban J connectivity index is 2.25. The van der Waals surface area contributed by atoms with Gasteiger partial charge in [-0.25, -0.2) is 0 Å². The Morgan fingerprint density at radius 2 is 1.95 bits per heavy atom. The normalized spacial score (nSPS) is 10.8. The van der Waals surface area contributed by atoms with Crippen molar-refractivity contribution in [2.75, 3.05) is 12.8 Å². The Kier molecular flexibility index (Phi) is 3.27. The third kappa shape index (κ3) is 2.32. The molecule has 3 rings (SSSR count). The molecule has 1 amide bonds. The number of fused-ring (bicyclic) bond motifs is 1. The van der Waals surface area contributed by atoms with Crippen molar-refractivity contribution < 1.29 is 9.32 Å². The van der Waals surface area contributed by atoms with Crippen LogP contribution in [-0.2, 0) is 0 Å². The van der Waals surface area contributed by atoms with E-state index in [9.17, 15) is 4.79 Å². The lowest BCUT2D eigenvalue weighted by Gasteiger charge is -2.06. The van der Waals surface area contributed by atoms with Crippen molar-refractivity contribution in [1.29, 1.82) is 0 Å². The van der Waals surface area contributed by atoms with Gasteiger partial charge in [0.15, 0.2) is 11.4 Å². The molecular formula is C15H12ClN3O2. The zero-order chi connectivity index (χ0) is 15.0. The highest BCUT2D eigenvalue weighted by atomic mass is 35.5. The lowest BCUT2D eigenvalue weighted by molar-refractivity contribution is 0.0964. The number of halogens is 1. The minimum Gasteiger partial charge on any atom is -0.380 e. The lowest BCUT2D eigenvalue weighted by Crippen LogP contribution is -2.18. The Hall–Kier alpha value is -2.53. The molecule has 0 saturated heterocycles. The van der Waals surface area contributed by atoms with Crippen molar-refractivity contribution >= 4 is 34.3 Å². The number of nitrogen functional groups attached to an aromatic ring is 1. The number of anilines is 1. The molecule has 0 radical (unpaired) electrons. The van der Waals surface area contributed by atoms with E-state index >= 15 is 0 Å². The summed E-state index contributed by atoms with van der Waals surface area (Å²) < 4.78 is 5.19. The zero-order valence-corrected chi connectivity index (χ0v) is 11.9. The van der Waals surface area contributed by atoms with E-state index in [1.807, 2.05) is 12.1 Å². The molecule has 0 aliphatic heterocycles. The van der Waals surface area contributed by atoms with Crippen LogP contribution in [0.1, 0.15) is 10.4 Å². The van der Waals surface area contributed by atoms with Crippen LogP contribution in [0.2, 0.25) is 5.02 Å². The quantitative estimate of drug-likeness (QED) is 0.762. The smallest absolute Gasteiger partial charge is 0.251 e.